The van der Waals surface area contributed by atoms with Gasteiger partial charge in [0.15, 0.2) is 11.5 Å². The van der Waals surface area contributed by atoms with Crippen LogP contribution in [0.1, 0.15) is 19.3 Å². The molecule has 1 aliphatic carbocycles. The molecule has 0 saturated carbocycles. The monoisotopic (exact) mass is 388 g/mol. The van der Waals surface area contributed by atoms with Gasteiger partial charge in [-0.05, 0) is 12.8 Å². The third-order valence-corrected chi connectivity index (χ3v) is 5.11. The number of hydrogen-bond donors (Lipinski definition) is 1. The van der Waals surface area contributed by atoms with E-state index in [1.165, 1.54) is 26.2 Å². The van der Waals surface area contributed by atoms with Gasteiger partial charge in [-0.3, -0.25) is 19.3 Å². The molecule has 1 N–H and O–H groups in total. The summed E-state index contributed by atoms with van der Waals surface area (Å²) < 4.78 is 15.8. The summed E-state index contributed by atoms with van der Waals surface area (Å²) >= 11 is 0. The number of benzene rings is 1. The Bertz CT molecular complexity index is 768. The second-order valence-corrected chi connectivity index (χ2v) is 6.70. The van der Waals surface area contributed by atoms with Crippen LogP contribution in [0, 0.1) is 11.8 Å². The van der Waals surface area contributed by atoms with Gasteiger partial charge in [0.25, 0.3) is 0 Å². The molecule has 150 valence electrons. The zero-order valence-electron chi connectivity index (χ0n) is 16.2. The van der Waals surface area contributed by atoms with E-state index in [0.29, 0.717) is 35.8 Å². The Morgan fingerprint density at radius 1 is 1.00 bits per heavy atom. The van der Waals surface area contributed by atoms with Crippen molar-refractivity contribution in [3.8, 4) is 17.2 Å². The van der Waals surface area contributed by atoms with Crippen LogP contribution in [0.15, 0.2) is 24.3 Å². The number of carbonyl (C=O) groups excluding carboxylic acids is 3. The molecule has 0 spiro atoms. The van der Waals surface area contributed by atoms with Gasteiger partial charge in [0.2, 0.25) is 23.5 Å². The second kappa shape index (κ2) is 8.33. The molecule has 0 radical (unpaired) electrons. The van der Waals surface area contributed by atoms with Crippen molar-refractivity contribution in [1.29, 1.82) is 0 Å². The molecule has 1 saturated heterocycles. The zero-order valence-corrected chi connectivity index (χ0v) is 16.2. The Kier molecular flexibility index (Phi) is 5.87. The largest absolute Gasteiger partial charge is 0.493 e. The minimum Gasteiger partial charge on any atom is -0.493 e. The number of allylic oxidation sites excluding steroid dienone is 2. The predicted molar refractivity (Wildman–Crippen MR) is 101 cm³/mol. The van der Waals surface area contributed by atoms with Gasteiger partial charge in [-0.25, -0.2) is 0 Å². The van der Waals surface area contributed by atoms with Crippen LogP contribution in [0.25, 0.3) is 0 Å². The van der Waals surface area contributed by atoms with Gasteiger partial charge in [0.05, 0.1) is 33.2 Å². The average Bonchev–Trinajstić information content (AvgIpc) is 2.96. The zero-order chi connectivity index (χ0) is 20.3. The number of rotatable bonds is 7. The van der Waals surface area contributed by atoms with Crippen molar-refractivity contribution in [3.63, 3.8) is 0 Å². The van der Waals surface area contributed by atoms with Crippen molar-refractivity contribution in [3.05, 3.63) is 24.3 Å². The Labute approximate surface area is 163 Å². The minimum atomic E-state index is -0.317. The maximum atomic E-state index is 12.5. The number of fused-ring (bicyclic) bond motifs is 1. The number of imide groups is 1. The predicted octanol–water partition coefficient (Wildman–Crippen LogP) is 1.99. The van der Waals surface area contributed by atoms with Crippen LogP contribution < -0.4 is 19.5 Å². The molecule has 28 heavy (non-hydrogen) atoms. The lowest BCUT2D eigenvalue weighted by Gasteiger charge is -2.16. The molecule has 3 rings (SSSR count). The number of methoxy groups -OCH3 is 3. The second-order valence-electron chi connectivity index (χ2n) is 6.70. The summed E-state index contributed by atoms with van der Waals surface area (Å²) in [5, 5.41) is 2.74. The van der Waals surface area contributed by atoms with Gasteiger partial charge in [-0.2, -0.15) is 0 Å². The third kappa shape index (κ3) is 3.67. The van der Waals surface area contributed by atoms with Crippen molar-refractivity contribution < 1.29 is 28.6 Å². The highest BCUT2D eigenvalue weighted by Gasteiger charge is 2.46. The molecule has 8 heteroatoms. The number of nitrogens with one attached hydrogen (secondary N) is 1. The number of carbonyl (C=O) groups is 3. The fourth-order valence-corrected chi connectivity index (χ4v) is 3.68. The highest BCUT2D eigenvalue weighted by Crippen LogP contribution is 2.40. The summed E-state index contributed by atoms with van der Waals surface area (Å²) in [5.74, 6) is 0.0128. The number of amides is 3. The summed E-state index contributed by atoms with van der Waals surface area (Å²) in [7, 11) is 4.47. The topological polar surface area (TPSA) is 94.2 Å². The summed E-state index contributed by atoms with van der Waals surface area (Å²) in [6, 6.07) is 3.23. The van der Waals surface area contributed by atoms with Gasteiger partial charge in [-0.15, -0.1) is 0 Å². The van der Waals surface area contributed by atoms with Crippen LogP contribution >= 0.6 is 0 Å². The fourth-order valence-electron chi connectivity index (χ4n) is 3.68. The maximum Gasteiger partial charge on any atom is 0.233 e. The molecule has 1 aromatic carbocycles. The van der Waals surface area contributed by atoms with E-state index in [2.05, 4.69) is 5.32 Å². The molecule has 1 fully saturated rings. The Morgan fingerprint density at radius 3 is 2.00 bits per heavy atom. The van der Waals surface area contributed by atoms with Crippen LogP contribution in [0.3, 0.4) is 0 Å². The molecule has 1 aliphatic heterocycles. The van der Waals surface area contributed by atoms with Crippen LogP contribution in [0.5, 0.6) is 17.2 Å². The Balaban J connectivity index is 1.63. The molecule has 0 unspecified atom stereocenters. The van der Waals surface area contributed by atoms with Gasteiger partial charge < -0.3 is 19.5 Å². The summed E-state index contributed by atoms with van der Waals surface area (Å²) in [5.41, 5.74) is 0.469. The van der Waals surface area contributed by atoms with Crippen LogP contribution in [0.2, 0.25) is 0 Å². The summed E-state index contributed by atoms with van der Waals surface area (Å²) in [4.78, 5) is 38.5. The number of ether oxygens (including phenoxy) is 3. The summed E-state index contributed by atoms with van der Waals surface area (Å²) in [6.45, 7) is 0.0704. The number of anilines is 1. The van der Waals surface area contributed by atoms with Crippen molar-refractivity contribution in [1.82, 2.24) is 4.90 Å². The smallest absolute Gasteiger partial charge is 0.233 e. The first-order valence-corrected chi connectivity index (χ1v) is 9.10. The lowest BCUT2D eigenvalue weighted by molar-refractivity contribution is -0.140. The Hall–Kier alpha value is -3.03. The molecule has 1 aromatic rings. The minimum absolute atomic E-state index is 0.0149. The van der Waals surface area contributed by atoms with Crippen LogP contribution in [-0.4, -0.2) is 50.5 Å². The van der Waals surface area contributed by atoms with Gasteiger partial charge in [0, 0.05) is 30.8 Å². The lowest BCUT2D eigenvalue weighted by Crippen LogP contribution is -2.34. The molecular weight excluding hydrogens is 364 g/mol. The molecule has 8 nitrogen and oxygen atoms in total. The third-order valence-electron chi connectivity index (χ3n) is 5.11. The van der Waals surface area contributed by atoms with Crippen molar-refractivity contribution >= 4 is 23.4 Å². The molecule has 0 bridgehead atoms. The van der Waals surface area contributed by atoms with Crippen LogP contribution in [0.4, 0.5) is 5.69 Å². The lowest BCUT2D eigenvalue weighted by atomic mass is 9.85. The van der Waals surface area contributed by atoms with E-state index >= 15 is 0 Å². The van der Waals surface area contributed by atoms with Crippen LogP contribution in [-0.2, 0) is 14.4 Å². The normalized spacial score (nSPS) is 20.8. The van der Waals surface area contributed by atoms with Gasteiger partial charge in [-0.1, -0.05) is 12.2 Å². The average molecular weight is 388 g/mol. The first-order valence-electron chi connectivity index (χ1n) is 9.10. The number of likely N-dealkylation sites (tertiary alicyclic amines) is 1. The van der Waals surface area contributed by atoms with E-state index in [0.717, 1.165) is 0 Å². The van der Waals surface area contributed by atoms with Crippen molar-refractivity contribution in [2.45, 2.75) is 19.3 Å². The van der Waals surface area contributed by atoms with E-state index in [4.69, 9.17) is 14.2 Å². The quantitative estimate of drug-likeness (QED) is 0.567. The highest BCUT2D eigenvalue weighted by atomic mass is 16.5. The molecule has 2 atom stereocenters. The van der Waals surface area contributed by atoms with Crippen molar-refractivity contribution in [2.24, 2.45) is 11.8 Å². The maximum absolute atomic E-state index is 12.5. The first kappa shape index (κ1) is 19.7. The highest BCUT2D eigenvalue weighted by molar-refractivity contribution is 6.05. The molecule has 1 heterocycles. The molecule has 0 aromatic heterocycles. The van der Waals surface area contributed by atoms with E-state index in [9.17, 15) is 14.4 Å². The number of hydrogen-bond acceptors (Lipinski definition) is 6. The molecular formula is C20H24N2O6. The van der Waals surface area contributed by atoms with E-state index < -0.39 is 0 Å². The molecule has 3 amide bonds. The van der Waals surface area contributed by atoms with E-state index in [1.54, 1.807) is 12.1 Å². The van der Waals surface area contributed by atoms with E-state index in [-0.39, 0.29) is 42.5 Å². The first-order chi connectivity index (χ1) is 13.5. The van der Waals surface area contributed by atoms with Crippen molar-refractivity contribution in [2.75, 3.05) is 33.2 Å². The van der Waals surface area contributed by atoms with Gasteiger partial charge >= 0.3 is 0 Å². The molecule has 2 aliphatic rings. The Morgan fingerprint density at radius 2 is 1.54 bits per heavy atom. The van der Waals surface area contributed by atoms with E-state index in [1.807, 2.05) is 12.2 Å². The van der Waals surface area contributed by atoms with Gasteiger partial charge in [0.1, 0.15) is 0 Å². The SMILES string of the molecule is COc1cc(NC(=O)CCN2C(=O)[C@@H]3CC=CC[C@H]3C2=O)cc(OC)c1OC. The standard InChI is InChI=1S/C20H24N2O6/c1-26-15-10-12(11-16(27-2)18(15)28-3)21-17(23)8-9-22-19(24)13-6-4-5-7-14(13)20(22)25/h4-5,10-11,13-14H,6-9H2,1-3H3,(H,21,23)/t13-,14-/m1/s1. The number of nitrogens with zero attached hydrogens (tertiary/aromatic N) is 1. The fraction of sp³-hybridized carbons (Fsp3) is 0.450. The summed E-state index contributed by atoms with van der Waals surface area (Å²) in [6.07, 6.45) is 5.06.